The summed E-state index contributed by atoms with van der Waals surface area (Å²) < 4.78 is 1.74. The molecule has 0 aliphatic carbocycles. The van der Waals surface area contributed by atoms with E-state index in [9.17, 15) is 0 Å². The summed E-state index contributed by atoms with van der Waals surface area (Å²) in [6.45, 7) is 7.67. The Morgan fingerprint density at radius 2 is 2.14 bits per heavy atom. The third kappa shape index (κ3) is 2.96. The summed E-state index contributed by atoms with van der Waals surface area (Å²) in [5.74, 6) is 1.45. The lowest BCUT2D eigenvalue weighted by molar-refractivity contribution is 0.219. The van der Waals surface area contributed by atoms with Crippen molar-refractivity contribution in [1.29, 1.82) is 0 Å². The van der Waals surface area contributed by atoms with Crippen molar-refractivity contribution in [2.75, 3.05) is 25.0 Å². The molecule has 1 fully saturated rings. The second kappa shape index (κ2) is 6.15. The van der Waals surface area contributed by atoms with Gasteiger partial charge in [-0.3, -0.25) is 0 Å². The highest BCUT2D eigenvalue weighted by Gasteiger charge is 2.21. The van der Waals surface area contributed by atoms with Crippen LogP contribution in [-0.4, -0.2) is 50.2 Å². The number of piperidine rings is 1. The van der Waals surface area contributed by atoms with Gasteiger partial charge in [-0.25, -0.2) is 0 Å². The minimum atomic E-state index is 0.447. The normalized spacial score (nSPS) is 17.5. The third-order valence-corrected chi connectivity index (χ3v) is 4.44. The van der Waals surface area contributed by atoms with Crippen molar-refractivity contribution in [3.05, 3.63) is 17.0 Å². The SMILES string of the molecule is CCCN1CCC(Nc2c(C)c(Cl)nc3ncnn23)CC1. The standard InChI is InChI=1S/C14H21ClN6/c1-3-6-20-7-4-11(5-8-20)18-13-10(2)12(15)19-14-16-9-17-21(13)14/h9,11,18H,3-8H2,1-2H3. The number of nitrogens with one attached hydrogen (secondary N) is 1. The van der Waals surface area contributed by atoms with Crippen molar-refractivity contribution in [2.24, 2.45) is 0 Å². The van der Waals surface area contributed by atoms with Crippen LogP contribution in [0.1, 0.15) is 31.7 Å². The van der Waals surface area contributed by atoms with Gasteiger partial charge in [0, 0.05) is 24.7 Å². The first-order valence-corrected chi connectivity index (χ1v) is 7.91. The van der Waals surface area contributed by atoms with E-state index < -0.39 is 0 Å². The zero-order chi connectivity index (χ0) is 14.8. The van der Waals surface area contributed by atoms with Gasteiger partial charge in [0.05, 0.1) is 0 Å². The molecule has 21 heavy (non-hydrogen) atoms. The highest BCUT2D eigenvalue weighted by atomic mass is 35.5. The van der Waals surface area contributed by atoms with E-state index in [1.54, 1.807) is 4.52 Å². The van der Waals surface area contributed by atoms with Gasteiger partial charge in [0.25, 0.3) is 5.78 Å². The molecule has 0 amide bonds. The average molecular weight is 309 g/mol. The molecule has 1 aliphatic rings. The molecule has 6 nitrogen and oxygen atoms in total. The quantitative estimate of drug-likeness (QED) is 0.879. The van der Waals surface area contributed by atoms with E-state index in [1.807, 2.05) is 6.92 Å². The van der Waals surface area contributed by atoms with E-state index in [0.29, 0.717) is 17.0 Å². The highest BCUT2D eigenvalue weighted by molar-refractivity contribution is 6.30. The maximum absolute atomic E-state index is 6.19. The van der Waals surface area contributed by atoms with Crippen LogP contribution in [0.5, 0.6) is 0 Å². The van der Waals surface area contributed by atoms with Crippen molar-refractivity contribution >= 4 is 23.2 Å². The predicted molar refractivity (Wildman–Crippen MR) is 83.9 cm³/mol. The van der Waals surface area contributed by atoms with Gasteiger partial charge in [-0.2, -0.15) is 19.6 Å². The van der Waals surface area contributed by atoms with E-state index in [-0.39, 0.29) is 0 Å². The lowest BCUT2D eigenvalue weighted by Gasteiger charge is -2.32. The molecule has 0 aromatic carbocycles. The number of hydrogen-bond donors (Lipinski definition) is 1. The number of anilines is 1. The first-order chi connectivity index (χ1) is 10.2. The van der Waals surface area contributed by atoms with Crippen molar-refractivity contribution in [1.82, 2.24) is 24.5 Å². The first-order valence-electron chi connectivity index (χ1n) is 7.53. The van der Waals surface area contributed by atoms with Crippen LogP contribution >= 0.6 is 11.6 Å². The van der Waals surface area contributed by atoms with E-state index in [1.165, 1.54) is 19.3 Å². The molecule has 0 bridgehead atoms. The monoisotopic (exact) mass is 308 g/mol. The van der Waals surface area contributed by atoms with E-state index >= 15 is 0 Å². The Labute approximate surface area is 129 Å². The van der Waals surface area contributed by atoms with Gasteiger partial charge < -0.3 is 10.2 Å². The molecule has 2 aromatic rings. The lowest BCUT2D eigenvalue weighted by Crippen LogP contribution is -2.39. The summed E-state index contributed by atoms with van der Waals surface area (Å²) >= 11 is 6.19. The highest BCUT2D eigenvalue weighted by Crippen LogP contribution is 2.24. The summed E-state index contributed by atoms with van der Waals surface area (Å²) in [5.41, 5.74) is 0.922. The van der Waals surface area contributed by atoms with Gasteiger partial charge in [0.2, 0.25) is 0 Å². The molecule has 0 unspecified atom stereocenters. The Morgan fingerprint density at radius 3 is 2.86 bits per heavy atom. The fraction of sp³-hybridized carbons (Fsp3) is 0.643. The summed E-state index contributed by atoms with van der Waals surface area (Å²) in [5, 5.41) is 8.32. The minimum Gasteiger partial charge on any atom is -0.367 e. The maximum Gasteiger partial charge on any atom is 0.255 e. The number of hydrogen-bond acceptors (Lipinski definition) is 5. The van der Waals surface area contributed by atoms with Crippen molar-refractivity contribution in [2.45, 2.75) is 39.2 Å². The van der Waals surface area contributed by atoms with Gasteiger partial charge in [0.15, 0.2) is 0 Å². The second-order valence-electron chi connectivity index (χ2n) is 5.61. The molecule has 2 aromatic heterocycles. The summed E-state index contributed by atoms with van der Waals surface area (Å²) in [4.78, 5) is 10.9. The van der Waals surface area contributed by atoms with Crippen LogP contribution < -0.4 is 5.32 Å². The number of fused-ring (bicyclic) bond motifs is 1. The molecule has 3 heterocycles. The molecule has 0 atom stereocenters. The zero-order valence-corrected chi connectivity index (χ0v) is 13.3. The number of aromatic nitrogens is 4. The van der Waals surface area contributed by atoms with E-state index in [4.69, 9.17) is 11.6 Å². The Morgan fingerprint density at radius 1 is 1.38 bits per heavy atom. The van der Waals surface area contributed by atoms with Gasteiger partial charge >= 0.3 is 0 Å². The predicted octanol–water partition coefficient (Wildman–Crippen LogP) is 2.37. The van der Waals surface area contributed by atoms with Crippen LogP contribution in [-0.2, 0) is 0 Å². The Hall–Kier alpha value is -1.40. The number of likely N-dealkylation sites (tertiary alicyclic amines) is 1. The Bertz CT molecular complexity index is 617. The van der Waals surface area contributed by atoms with Crippen LogP contribution in [0.4, 0.5) is 5.82 Å². The fourth-order valence-electron chi connectivity index (χ4n) is 2.88. The van der Waals surface area contributed by atoms with Crippen molar-refractivity contribution in [3.63, 3.8) is 0 Å². The van der Waals surface area contributed by atoms with E-state index in [0.717, 1.165) is 37.3 Å². The molecule has 0 spiro atoms. The molecule has 1 saturated heterocycles. The van der Waals surface area contributed by atoms with Crippen LogP contribution in [0.25, 0.3) is 5.78 Å². The molecular weight excluding hydrogens is 288 g/mol. The van der Waals surface area contributed by atoms with E-state index in [2.05, 4.69) is 32.2 Å². The number of rotatable bonds is 4. The molecule has 1 N–H and O–H groups in total. The smallest absolute Gasteiger partial charge is 0.255 e. The summed E-state index contributed by atoms with van der Waals surface area (Å²) in [6, 6.07) is 0.447. The molecular formula is C14H21ClN6. The van der Waals surface area contributed by atoms with Crippen LogP contribution in [0.15, 0.2) is 6.33 Å². The van der Waals surface area contributed by atoms with Crippen molar-refractivity contribution in [3.8, 4) is 0 Å². The third-order valence-electron chi connectivity index (χ3n) is 4.07. The van der Waals surface area contributed by atoms with Crippen LogP contribution in [0.3, 0.4) is 0 Å². The molecule has 0 radical (unpaired) electrons. The second-order valence-corrected chi connectivity index (χ2v) is 5.97. The van der Waals surface area contributed by atoms with Crippen LogP contribution in [0, 0.1) is 6.92 Å². The van der Waals surface area contributed by atoms with Gasteiger partial charge in [-0.15, -0.1) is 0 Å². The first kappa shape index (κ1) is 14.5. The number of halogens is 1. The average Bonchev–Trinajstić information content (AvgIpc) is 2.94. The Balaban J connectivity index is 1.76. The molecule has 1 aliphatic heterocycles. The summed E-state index contributed by atoms with van der Waals surface area (Å²) in [7, 11) is 0. The topological polar surface area (TPSA) is 58.3 Å². The lowest BCUT2D eigenvalue weighted by atomic mass is 10.0. The van der Waals surface area contributed by atoms with Crippen LogP contribution in [0.2, 0.25) is 5.15 Å². The largest absolute Gasteiger partial charge is 0.367 e. The van der Waals surface area contributed by atoms with Gasteiger partial charge in [-0.05, 0) is 32.7 Å². The zero-order valence-electron chi connectivity index (χ0n) is 12.5. The molecule has 7 heteroatoms. The molecule has 114 valence electrons. The maximum atomic E-state index is 6.19. The Kier molecular flexibility index (Phi) is 4.26. The summed E-state index contributed by atoms with van der Waals surface area (Å²) in [6.07, 6.45) is 5.00. The molecule has 0 saturated carbocycles. The van der Waals surface area contributed by atoms with Gasteiger partial charge in [-0.1, -0.05) is 18.5 Å². The molecule has 3 rings (SSSR count). The van der Waals surface area contributed by atoms with Crippen molar-refractivity contribution < 1.29 is 0 Å². The fourth-order valence-corrected chi connectivity index (χ4v) is 3.04. The van der Waals surface area contributed by atoms with Gasteiger partial charge in [0.1, 0.15) is 17.3 Å². The minimum absolute atomic E-state index is 0.447. The number of nitrogens with zero attached hydrogens (tertiary/aromatic N) is 5.